The van der Waals surface area contributed by atoms with E-state index in [9.17, 15) is 4.79 Å². The maximum Gasteiger partial charge on any atom is 0.433 e. The van der Waals surface area contributed by atoms with Crippen molar-refractivity contribution >= 4 is 17.5 Å². The molecule has 2 heterocycles. The Morgan fingerprint density at radius 3 is 1.73 bits per heavy atom. The van der Waals surface area contributed by atoms with Crippen LogP contribution in [0.2, 0.25) is 0 Å². The number of nitrogens with one attached hydrogen (secondary N) is 1. The molecule has 0 saturated carbocycles. The molecule has 1 N–H and O–H groups in total. The van der Waals surface area contributed by atoms with Crippen molar-refractivity contribution in [1.29, 1.82) is 0 Å². The molecule has 0 saturated heterocycles. The summed E-state index contributed by atoms with van der Waals surface area (Å²) in [6, 6.07) is 26.1. The summed E-state index contributed by atoms with van der Waals surface area (Å²) in [5, 5.41) is 1.38. The molecule has 0 aliphatic rings. The van der Waals surface area contributed by atoms with Gasteiger partial charge in [-0.25, -0.2) is 14.8 Å². The van der Waals surface area contributed by atoms with E-state index in [4.69, 9.17) is 14.2 Å². The quantitative estimate of drug-likeness (QED) is 0.267. The lowest BCUT2D eigenvalue weighted by atomic mass is 10.2. The summed E-state index contributed by atoms with van der Waals surface area (Å²) in [7, 11) is 0. The van der Waals surface area contributed by atoms with Crippen molar-refractivity contribution in [3.8, 4) is 11.8 Å². The number of carbonyl (C=O) groups excluding carboxylic acids is 1. The number of hydrogen-bond acceptors (Lipinski definition) is 7. The fourth-order valence-electron chi connectivity index (χ4n) is 3.25. The predicted octanol–water partition coefficient (Wildman–Crippen LogP) is 6.40. The molecule has 190 valence electrons. The second-order valence-electron chi connectivity index (χ2n) is 9.20. The van der Waals surface area contributed by atoms with Crippen LogP contribution < -0.4 is 19.9 Å². The third-order valence-corrected chi connectivity index (χ3v) is 5.01. The minimum absolute atomic E-state index is 0.360. The number of nitrogens with zero attached hydrogens (tertiary/aromatic N) is 3. The Morgan fingerprint density at radius 1 is 0.757 bits per heavy atom. The van der Waals surface area contributed by atoms with Crippen molar-refractivity contribution in [3.63, 3.8) is 0 Å². The van der Waals surface area contributed by atoms with Crippen LogP contribution in [-0.2, 0) is 18.0 Å². The SMILES string of the molecule is CC(C)(C)OC(=O)N(Nc1ccc(COc2ccccn2)cc1)c1ccc(COc2ccccn2)cc1. The Bertz CT molecular complexity index is 1260. The number of carbonyl (C=O) groups is 1. The van der Waals surface area contributed by atoms with Gasteiger partial charge >= 0.3 is 6.09 Å². The zero-order chi connectivity index (χ0) is 26.1. The van der Waals surface area contributed by atoms with E-state index in [2.05, 4.69) is 15.4 Å². The highest BCUT2D eigenvalue weighted by atomic mass is 16.6. The Hall–Kier alpha value is -4.59. The van der Waals surface area contributed by atoms with Gasteiger partial charge in [0.15, 0.2) is 0 Å². The topological polar surface area (TPSA) is 85.8 Å². The van der Waals surface area contributed by atoms with Crippen LogP contribution in [0.3, 0.4) is 0 Å². The minimum Gasteiger partial charge on any atom is -0.473 e. The standard InChI is InChI=1S/C29H30N4O4/c1-29(2,3)37-28(34)33(25-16-12-23(13-17-25)21-36-27-9-5-7-19-31-27)32-24-14-10-22(11-15-24)20-35-26-8-4-6-18-30-26/h4-19,32H,20-21H2,1-3H3. The van der Waals surface area contributed by atoms with E-state index in [1.165, 1.54) is 5.01 Å². The van der Waals surface area contributed by atoms with Gasteiger partial charge in [0.05, 0.1) is 11.4 Å². The molecule has 1 amide bonds. The first-order valence-electron chi connectivity index (χ1n) is 11.9. The predicted molar refractivity (Wildman–Crippen MR) is 142 cm³/mol. The van der Waals surface area contributed by atoms with Gasteiger partial charge in [0.25, 0.3) is 0 Å². The Labute approximate surface area is 216 Å². The van der Waals surface area contributed by atoms with E-state index >= 15 is 0 Å². The van der Waals surface area contributed by atoms with Crippen LogP contribution in [0.4, 0.5) is 16.2 Å². The molecule has 37 heavy (non-hydrogen) atoms. The number of hydrazine groups is 1. The largest absolute Gasteiger partial charge is 0.473 e. The molecule has 0 aliphatic carbocycles. The lowest BCUT2D eigenvalue weighted by Gasteiger charge is -2.28. The van der Waals surface area contributed by atoms with Gasteiger partial charge in [-0.1, -0.05) is 36.4 Å². The highest BCUT2D eigenvalue weighted by Crippen LogP contribution is 2.22. The molecular formula is C29H30N4O4. The first kappa shape index (κ1) is 25.5. The van der Waals surface area contributed by atoms with Crippen LogP contribution in [0.25, 0.3) is 0 Å². The van der Waals surface area contributed by atoms with Crippen LogP contribution in [0.1, 0.15) is 31.9 Å². The van der Waals surface area contributed by atoms with E-state index < -0.39 is 11.7 Å². The summed E-state index contributed by atoms with van der Waals surface area (Å²) in [5.74, 6) is 1.12. The molecule has 0 fully saturated rings. The normalized spacial score (nSPS) is 10.9. The number of hydrogen-bond donors (Lipinski definition) is 1. The summed E-state index contributed by atoms with van der Waals surface area (Å²) in [6.45, 7) is 6.24. The van der Waals surface area contributed by atoms with Crippen molar-refractivity contribution in [3.05, 3.63) is 108 Å². The highest BCUT2D eigenvalue weighted by molar-refractivity contribution is 5.90. The van der Waals surface area contributed by atoms with Crippen LogP contribution in [0.5, 0.6) is 11.8 Å². The van der Waals surface area contributed by atoms with Gasteiger partial charge in [0.1, 0.15) is 18.8 Å². The number of ether oxygens (including phenoxy) is 3. The third kappa shape index (κ3) is 7.96. The molecule has 4 rings (SSSR count). The lowest BCUT2D eigenvalue weighted by molar-refractivity contribution is 0.0589. The molecule has 0 aliphatic heterocycles. The van der Waals surface area contributed by atoms with Crippen molar-refractivity contribution in [2.24, 2.45) is 0 Å². The van der Waals surface area contributed by atoms with E-state index in [1.807, 2.05) is 99.6 Å². The summed E-state index contributed by atoms with van der Waals surface area (Å²) in [5.41, 5.74) is 5.76. The maximum absolute atomic E-state index is 13.1. The summed E-state index contributed by atoms with van der Waals surface area (Å²) in [4.78, 5) is 21.4. The molecule has 0 unspecified atom stereocenters. The van der Waals surface area contributed by atoms with Crippen LogP contribution in [0.15, 0.2) is 97.3 Å². The van der Waals surface area contributed by atoms with Crippen LogP contribution in [0, 0.1) is 0 Å². The van der Waals surface area contributed by atoms with Crippen molar-refractivity contribution < 1.29 is 19.0 Å². The maximum atomic E-state index is 13.1. The molecule has 4 aromatic rings. The first-order chi connectivity index (χ1) is 17.9. The van der Waals surface area contributed by atoms with Gasteiger partial charge < -0.3 is 14.2 Å². The molecule has 2 aromatic heterocycles. The minimum atomic E-state index is -0.653. The molecule has 0 atom stereocenters. The van der Waals surface area contributed by atoms with Crippen LogP contribution in [-0.4, -0.2) is 21.7 Å². The van der Waals surface area contributed by atoms with Gasteiger partial charge in [-0.15, -0.1) is 0 Å². The average molecular weight is 499 g/mol. The van der Waals surface area contributed by atoms with E-state index in [0.29, 0.717) is 30.7 Å². The fraction of sp³-hybridized carbons (Fsp3) is 0.207. The smallest absolute Gasteiger partial charge is 0.433 e. The van der Waals surface area contributed by atoms with Crippen molar-refractivity contribution in [2.75, 3.05) is 10.4 Å². The Morgan fingerprint density at radius 2 is 1.27 bits per heavy atom. The fourth-order valence-corrected chi connectivity index (χ4v) is 3.25. The molecule has 0 bridgehead atoms. The number of amides is 1. The summed E-state index contributed by atoms with van der Waals surface area (Å²) in [6.07, 6.45) is 2.85. The molecule has 8 nitrogen and oxygen atoms in total. The number of rotatable bonds is 9. The first-order valence-corrected chi connectivity index (χ1v) is 11.9. The summed E-state index contributed by atoms with van der Waals surface area (Å²) >= 11 is 0. The number of anilines is 2. The number of benzene rings is 2. The molecule has 2 aromatic carbocycles. The van der Waals surface area contributed by atoms with E-state index in [1.54, 1.807) is 18.5 Å². The number of aromatic nitrogens is 2. The molecule has 0 radical (unpaired) electrons. The zero-order valence-corrected chi connectivity index (χ0v) is 21.1. The second kappa shape index (κ2) is 11.9. The van der Waals surface area contributed by atoms with Gasteiger partial charge in [-0.05, 0) is 68.3 Å². The monoisotopic (exact) mass is 498 g/mol. The highest BCUT2D eigenvalue weighted by Gasteiger charge is 2.24. The summed E-state index contributed by atoms with van der Waals surface area (Å²) < 4.78 is 17.1. The zero-order valence-electron chi connectivity index (χ0n) is 21.1. The van der Waals surface area contributed by atoms with Crippen molar-refractivity contribution in [1.82, 2.24) is 9.97 Å². The van der Waals surface area contributed by atoms with Crippen molar-refractivity contribution in [2.45, 2.75) is 39.6 Å². The van der Waals surface area contributed by atoms with E-state index in [-0.39, 0.29) is 0 Å². The lowest BCUT2D eigenvalue weighted by Crippen LogP contribution is -2.40. The molecule has 8 heteroatoms. The number of pyridine rings is 2. The molecular weight excluding hydrogens is 468 g/mol. The third-order valence-electron chi connectivity index (χ3n) is 5.01. The van der Waals surface area contributed by atoms with Gasteiger partial charge in [0, 0.05) is 24.5 Å². The average Bonchev–Trinajstić information content (AvgIpc) is 2.90. The Kier molecular flexibility index (Phi) is 8.20. The van der Waals surface area contributed by atoms with Gasteiger partial charge in [-0.2, -0.15) is 5.01 Å². The second-order valence-corrected chi connectivity index (χ2v) is 9.20. The molecule has 0 spiro atoms. The van der Waals surface area contributed by atoms with E-state index in [0.717, 1.165) is 16.8 Å². The van der Waals surface area contributed by atoms with Gasteiger partial charge in [-0.3, -0.25) is 5.43 Å². The van der Waals surface area contributed by atoms with Gasteiger partial charge in [0.2, 0.25) is 11.8 Å². The Balaban J connectivity index is 1.44. The van der Waals surface area contributed by atoms with Crippen LogP contribution >= 0.6 is 0 Å².